The minimum atomic E-state index is -0.289. The molecule has 12 heteroatoms. The van der Waals surface area contributed by atoms with Crippen LogP contribution >= 0.6 is 23.1 Å². The van der Waals surface area contributed by atoms with Crippen molar-refractivity contribution < 1.29 is 23.7 Å². The second-order valence-electron chi connectivity index (χ2n) is 10.3. The van der Waals surface area contributed by atoms with Crippen LogP contribution in [0, 0.1) is 0 Å². The first-order valence-corrected chi connectivity index (χ1v) is 14.9. The number of ether oxygens (including phenoxy) is 4. The number of thiophene rings is 1. The maximum absolute atomic E-state index is 12.9. The Morgan fingerprint density at radius 3 is 2.77 bits per heavy atom. The molecule has 2 aliphatic heterocycles. The third kappa shape index (κ3) is 5.16. The highest BCUT2D eigenvalue weighted by molar-refractivity contribution is 8.00. The number of hydrogen-bond acceptors (Lipinski definition) is 11. The SMILES string of the molecule is COc1ccc(NC(=O)CSc2ncnc3c2sc2nc(N4CCOCC4)c4c(c23)CC(C)(C)OC4)c(OC)c1. The molecule has 0 bridgehead atoms. The quantitative estimate of drug-likeness (QED) is 0.244. The minimum Gasteiger partial charge on any atom is -0.497 e. The van der Waals surface area contributed by atoms with Crippen LogP contribution in [0.3, 0.4) is 0 Å². The number of carbonyl (C=O) groups excluding carboxylic acids is 1. The highest BCUT2D eigenvalue weighted by Crippen LogP contribution is 2.44. The van der Waals surface area contributed by atoms with Crippen molar-refractivity contribution in [3.8, 4) is 11.5 Å². The summed E-state index contributed by atoms with van der Waals surface area (Å²) in [5.74, 6) is 2.18. The van der Waals surface area contributed by atoms with Gasteiger partial charge in [-0.15, -0.1) is 11.3 Å². The van der Waals surface area contributed by atoms with Gasteiger partial charge in [-0.05, 0) is 31.5 Å². The fourth-order valence-corrected chi connectivity index (χ4v) is 7.16. The molecule has 1 N–H and O–H groups in total. The van der Waals surface area contributed by atoms with E-state index in [4.69, 9.17) is 28.9 Å². The number of amides is 1. The molecule has 0 atom stereocenters. The molecule has 0 saturated carbocycles. The Balaban J connectivity index is 1.33. The molecule has 3 aromatic heterocycles. The fraction of sp³-hybridized carbons (Fsp3) is 0.429. The first kappa shape index (κ1) is 27.0. The van der Waals surface area contributed by atoms with Gasteiger partial charge in [0.25, 0.3) is 0 Å². The lowest BCUT2D eigenvalue weighted by atomic mass is 9.90. The second kappa shape index (κ2) is 11.0. The number of carbonyl (C=O) groups is 1. The summed E-state index contributed by atoms with van der Waals surface area (Å²) in [6.07, 6.45) is 2.34. The summed E-state index contributed by atoms with van der Waals surface area (Å²) in [6, 6.07) is 5.28. The van der Waals surface area contributed by atoms with E-state index in [1.807, 2.05) is 0 Å². The summed E-state index contributed by atoms with van der Waals surface area (Å²) in [5, 5.41) is 4.76. The molecule has 2 aliphatic rings. The van der Waals surface area contributed by atoms with E-state index in [2.05, 4.69) is 29.0 Å². The molecule has 1 saturated heterocycles. The third-order valence-corrected chi connectivity index (χ3v) is 9.31. The Hall–Kier alpha value is -3.19. The number of nitrogens with one attached hydrogen (secondary N) is 1. The number of thioether (sulfide) groups is 1. The van der Waals surface area contributed by atoms with Crippen molar-refractivity contribution in [3.05, 3.63) is 35.7 Å². The standard InChI is InChI=1S/C28H31N5O5S2/c1-28(2)12-17-18(13-38-28)25(33-7-9-37-10-8-33)32-26-22(17)23-24(40-26)27(30-15-29-23)39-14-21(34)31-19-6-5-16(35-3)11-20(19)36-4/h5-6,11,15H,7-10,12-14H2,1-4H3,(H,31,34). The van der Waals surface area contributed by atoms with Gasteiger partial charge >= 0.3 is 0 Å². The number of fused-ring (bicyclic) bond motifs is 5. The van der Waals surface area contributed by atoms with Gasteiger partial charge in [-0.1, -0.05) is 11.8 Å². The molecule has 5 heterocycles. The van der Waals surface area contributed by atoms with Crippen molar-refractivity contribution in [1.82, 2.24) is 15.0 Å². The summed E-state index contributed by atoms with van der Waals surface area (Å²) in [5.41, 5.74) is 3.55. The zero-order valence-corrected chi connectivity index (χ0v) is 24.5. The Labute approximate surface area is 240 Å². The van der Waals surface area contributed by atoms with Crippen molar-refractivity contribution in [2.75, 3.05) is 56.5 Å². The molecule has 0 aliphatic carbocycles. The van der Waals surface area contributed by atoms with Crippen molar-refractivity contribution in [2.45, 2.75) is 37.5 Å². The lowest BCUT2D eigenvalue weighted by molar-refractivity contribution is -0.113. The average molecular weight is 582 g/mol. The number of hydrogen-bond donors (Lipinski definition) is 1. The van der Waals surface area contributed by atoms with Crippen molar-refractivity contribution in [3.63, 3.8) is 0 Å². The van der Waals surface area contributed by atoms with Crippen LogP contribution in [-0.4, -0.2) is 72.7 Å². The fourth-order valence-electron chi connectivity index (χ4n) is 5.13. The molecule has 210 valence electrons. The Morgan fingerprint density at radius 2 is 2.00 bits per heavy atom. The molecule has 0 radical (unpaired) electrons. The number of methoxy groups -OCH3 is 2. The second-order valence-corrected chi connectivity index (χ2v) is 12.2. The lowest BCUT2D eigenvalue weighted by Gasteiger charge is -2.36. The lowest BCUT2D eigenvalue weighted by Crippen LogP contribution is -2.39. The van der Waals surface area contributed by atoms with Gasteiger partial charge in [0, 0.05) is 36.5 Å². The zero-order chi connectivity index (χ0) is 27.9. The summed E-state index contributed by atoms with van der Waals surface area (Å²) in [4.78, 5) is 30.5. The van der Waals surface area contributed by atoms with Gasteiger partial charge in [0.2, 0.25) is 5.91 Å². The highest BCUT2D eigenvalue weighted by Gasteiger charge is 2.33. The first-order valence-electron chi connectivity index (χ1n) is 13.1. The van der Waals surface area contributed by atoms with Gasteiger partial charge in [-0.2, -0.15) is 0 Å². The van der Waals surface area contributed by atoms with Crippen LogP contribution in [0.15, 0.2) is 29.6 Å². The molecular weight excluding hydrogens is 550 g/mol. The van der Waals surface area contributed by atoms with Crippen molar-refractivity contribution >= 4 is 60.9 Å². The van der Waals surface area contributed by atoms with Crippen molar-refractivity contribution in [2.24, 2.45) is 0 Å². The number of aromatic nitrogens is 3. The summed E-state index contributed by atoms with van der Waals surface area (Å²) >= 11 is 2.97. The normalized spacial score (nSPS) is 16.6. The van der Waals surface area contributed by atoms with Crippen LogP contribution in [0.2, 0.25) is 0 Å². The molecule has 1 aromatic carbocycles. The molecule has 40 heavy (non-hydrogen) atoms. The van der Waals surface area contributed by atoms with E-state index in [9.17, 15) is 4.79 Å². The van der Waals surface area contributed by atoms with Crippen LogP contribution in [0.1, 0.15) is 25.0 Å². The number of benzene rings is 1. The Kier molecular flexibility index (Phi) is 7.43. The molecule has 0 unspecified atom stereocenters. The smallest absolute Gasteiger partial charge is 0.234 e. The molecule has 10 nitrogen and oxygen atoms in total. The molecule has 1 amide bonds. The van der Waals surface area contributed by atoms with Gasteiger partial charge in [-0.25, -0.2) is 15.0 Å². The average Bonchev–Trinajstić information content (AvgIpc) is 3.35. The molecule has 4 aromatic rings. The summed E-state index contributed by atoms with van der Waals surface area (Å²) in [7, 11) is 3.15. The molecular formula is C28H31N5O5S2. The van der Waals surface area contributed by atoms with E-state index in [0.717, 1.165) is 56.4 Å². The first-order chi connectivity index (χ1) is 19.4. The number of nitrogens with zero attached hydrogens (tertiary/aromatic N) is 4. The van der Waals surface area contributed by atoms with Crippen LogP contribution in [0.5, 0.6) is 11.5 Å². The predicted octanol–water partition coefficient (Wildman–Crippen LogP) is 4.68. The zero-order valence-electron chi connectivity index (χ0n) is 22.9. The maximum atomic E-state index is 12.9. The monoisotopic (exact) mass is 581 g/mol. The van der Waals surface area contributed by atoms with Crippen LogP contribution < -0.4 is 19.7 Å². The van der Waals surface area contributed by atoms with Gasteiger partial charge in [-0.3, -0.25) is 4.79 Å². The number of pyridine rings is 1. The third-order valence-electron chi connectivity index (χ3n) is 7.11. The topological polar surface area (TPSA) is 108 Å². The number of rotatable bonds is 7. The van der Waals surface area contributed by atoms with Crippen LogP contribution in [0.25, 0.3) is 20.4 Å². The van der Waals surface area contributed by atoms with E-state index in [1.165, 1.54) is 17.3 Å². The van der Waals surface area contributed by atoms with E-state index in [1.54, 1.807) is 50.1 Å². The minimum absolute atomic E-state index is 0.162. The molecule has 1 fully saturated rings. The summed E-state index contributed by atoms with van der Waals surface area (Å²) < 4.78 is 23.4. The van der Waals surface area contributed by atoms with Gasteiger partial charge in [0.05, 0.1) is 61.3 Å². The summed E-state index contributed by atoms with van der Waals surface area (Å²) in [6.45, 7) is 7.73. The number of anilines is 2. The van der Waals surface area contributed by atoms with Gasteiger partial charge in [0.15, 0.2) is 0 Å². The highest BCUT2D eigenvalue weighted by atomic mass is 32.2. The molecule has 6 rings (SSSR count). The van der Waals surface area contributed by atoms with E-state index in [0.29, 0.717) is 37.0 Å². The van der Waals surface area contributed by atoms with E-state index >= 15 is 0 Å². The maximum Gasteiger partial charge on any atom is 0.234 e. The van der Waals surface area contributed by atoms with Crippen molar-refractivity contribution in [1.29, 1.82) is 0 Å². The van der Waals surface area contributed by atoms with Gasteiger partial charge < -0.3 is 29.2 Å². The van der Waals surface area contributed by atoms with E-state index in [-0.39, 0.29) is 17.3 Å². The largest absolute Gasteiger partial charge is 0.497 e. The van der Waals surface area contributed by atoms with Gasteiger partial charge in [0.1, 0.15) is 33.5 Å². The van der Waals surface area contributed by atoms with Crippen LogP contribution in [-0.2, 0) is 27.3 Å². The predicted molar refractivity (Wildman–Crippen MR) is 157 cm³/mol. The Morgan fingerprint density at radius 1 is 1.18 bits per heavy atom. The molecule has 0 spiro atoms. The number of morpholine rings is 1. The van der Waals surface area contributed by atoms with Crippen LogP contribution in [0.4, 0.5) is 11.5 Å². The van der Waals surface area contributed by atoms with E-state index < -0.39 is 0 Å². The Bertz CT molecular complexity index is 1580.